The molecule has 136 valence electrons. The summed E-state index contributed by atoms with van der Waals surface area (Å²) in [6.07, 6.45) is 3.15. The van der Waals surface area contributed by atoms with Crippen molar-refractivity contribution in [2.75, 3.05) is 6.54 Å². The average molecular weight is 347 g/mol. The van der Waals surface area contributed by atoms with Crippen LogP contribution in [0, 0.1) is 5.41 Å². The first-order valence-electron chi connectivity index (χ1n) is 8.63. The number of carboxylic acids is 1. The largest absolute Gasteiger partial charge is 0.481 e. The summed E-state index contributed by atoms with van der Waals surface area (Å²) in [5.41, 5.74) is -0.362. The van der Waals surface area contributed by atoms with Gasteiger partial charge in [-0.3, -0.25) is 14.4 Å². The molecule has 2 N–H and O–H groups in total. The van der Waals surface area contributed by atoms with E-state index in [1.54, 1.807) is 31.2 Å². The van der Waals surface area contributed by atoms with Gasteiger partial charge < -0.3 is 15.2 Å². The van der Waals surface area contributed by atoms with E-state index in [2.05, 4.69) is 5.32 Å². The highest BCUT2D eigenvalue weighted by molar-refractivity contribution is 5.94. The minimum absolute atomic E-state index is 0.0803. The predicted molar refractivity (Wildman–Crippen MR) is 92.7 cm³/mol. The molecule has 0 saturated heterocycles. The van der Waals surface area contributed by atoms with Gasteiger partial charge in [0, 0.05) is 12.1 Å². The molecular weight excluding hydrogens is 322 g/mol. The number of aliphatic carboxylic acids is 1. The third-order valence-corrected chi connectivity index (χ3v) is 4.79. The van der Waals surface area contributed by atoms with E-state index in [1.165, 1.54) is 6.92 Å². The third kappa shape index (κ3) is 4.81. The second-order valence-electron chi connectivity index (χ2n) is 6.71. The van der Waals surface area contributed by atoms with Gasteiger partial charge in [0.25, 0.3) is 5.91 Å². The highest BCUT2D eigenvalue weighted by atomic mass is 16.5. The smallest absolute Gasteiger partial charge is 0.311 e. The fourth-order valence-corrected chi connectivity index (χ4v) is 3.14. The molecule has 1 aliphatic carbocycles. The zero-order chi connectivity index (χ0) is 18.4. The first-order valence-corrected chi connectivity index (χ1v) is 8.63. The Hall–Kier alpha value is -2.37. The number of ketones is 1. The van der Waals surface area contributed by atoms with Crippen LogP contribution in [0.2, 0.25) is 0 Å². The van der Waals surface area contributed by atoms with Crippen LogP contribution in [0.15, 0.2) is 24.3 Å². The van der Waals surface area contributed by atoms with E-state index >= 15 is 0 Å². The molecule has 1 unspecified atom stereocenters. The van der Waals surface area contributed by atoms with Crippen LogP contribution >= 0.6 is 0 Å². The Morgan fingerprint density at radius 3 is 2.52 bits per heavy atom. The lowest BCUT2D eigenvalue weighted by Gasteiger charge is -2.33. The maximum Gasteiger partial charge on any atom is 0.311 e. The molecular formula is C19H25NO5. The van der Waals surface area contributed by atoms with Crippen molar-refractivity contribution in [3.63, 3.8) is 0 Å². The van der Waals surface area contributed by atoms with E-state index < -0.39 is 17.5 Å². The summed E-state index contributed by atoms with van der Waals surface area (Å²) in [6, 6.07) is 6.64. The molecule has 1 atom stereocenters. The van der Waals surface area contributed by atoms with Crippen LogP contribution in [-0.4, -0.2) is 35.4 Å². The summed E-state index contributed by atoms with van der Waals surface area (Å²) >= 11 is 0. The predicted octanol–water partition coefficient (Wildman–Crippen LogP) is 2.81. The molecule has 1 saturated carbocycles. The molecule has 1 aromatic rings. The number of hydrogen-bond acceptors (Lipinski definition) is 4. The molecule has 1 aliphatic rings. The van der Waals surface area contributed by atoms with E-state index in [9.17, 15) is 19.5 Å². The zero-order valence-electron chi connectivity index (χ0n) is 14.7. The summed E-state index contributed by atoms with van der Waals surface area (Å²) in [6.45, 7) is 3.18. The van der Waals surface area contributed by atoms with Crippen molar-refractivity contribution in [1.29, 1.82) is 0 Å². The zero-order valence-corrected chi connectivity index (χ0v) is 14.7. The number of ether oxygens (including phenoxy) is 1. The van der Waals surface area contributed by atoms with Crippen LogP contribution in [0.1, 0.15) is 56.3 Å². The van der Waals surface area contributed by atoms with Gasteiger partial charge in [0.15, 0.2) is 11.9 Å². The van der Waals surface area contributed by atoms with E-state index in [-0.39, 0.29) is 18.2 Å². The second-order valence-corrected chi connectivity index (χ2v) is 6.71. The third-order valence-electron chi connectivity index (χ3n) is 4.79. The fourth-order valence-electron chi connectivity index (χ4n) is 3.14. The molecule has 6 nitrogen and oxygen atoms in total. The maximum atomic E-state index is 12.3. The Balaban J connectivity index is 1.94. The van der Waals surface area contributed by atoms with Crippen molar-refractivity contribution in [2.24, 2.45) is 5.41 Å². The normalized spacial score (nSPS) is 17.4. The number of hydrogen-bond donors (Lipinski definition) is 2. The molecule has 0 aromatic heterocycles. The van der Waals surface area contributed by atoms with Crippen molar-refractivity contribution in [3.8, 4) is 5.75 Å². The van der Waals surface area contributed by atoms with Crippen LogP contribution in [0.25, 0.3) is 0 Å². The number of carbonyl (C=O) groups is 3. The lowest BCUT2D eigenvalue weighted by atomic mass is 9.74. The summed E-state index contributed by atoms with van der Waals surface area (Å²) < 4.78 is 5.59. The monoisotopic (exact) mass is 347 g/mol. The Morgan fingerprint density at radius 2 is 1.92 bits per heavy atom. The molecule has 1 aromatic carbocycles. The molecule has 0 bridgehead atoms. The van der Waals surface area contributed by atoms with Gasteiger partial charge in [-0.2, -0.15) is 0 Å². The van der Waals surface area contributed by atoms with Crippen LogP contribution in [0.3, 0.4) is 0 Å². The van der Waals surface area contributed by atoms with Crippen LogP contribution in [0.4, 0.5) is 0 Å². The van der Waals surface area contributed by atoms with Gasteiger partial charge in [-0.05, 0) is 38.8 Å². The summed E-state index contributed by atoms with van der Waals surface area (Å²) in [4.78, 5) is 35.3. The number of benzene rings is 1. The highest BCUT2D eigenvalue weighted by Crippen LogP contribution is 2.36. The van der Waals surface area contributed by atoms with Crippen molar-refractivity contribution < 1.29 is 24.2 Å². The molecule has 0 aliphatic heterocycles. The number of rotatable bonds is 7. The molecule has 1 fully saturated rings. The standard InChI is InChI=1S/C19H25NO5/c1-13(21)15-7-6-8-16(11-15)25-14(2)17(22)20-12-19(18(23)24)9-4-3-5-10-19/h6-8,11,14H,3-5,9-10,12H2,1-2H3,(H,20,22)(H,23,24). The number of nitrogens with one attached hydrogen (secondary N) is 1. The fraction of sp³-hybridized carbons (Fsp3) is 0.526. The first kappa shape index (κ1) is 19.0. The maximum absolute atomic E-state index is 12.3. The molecule has 2 rings (SSSR count). The number of Topliss-reactive ketones (excluding diaryl/α,β-unsaturated/α-hetero) is 1. The second kappa shape index (κ2) is 8.14. The summed E-state index contributed by atoms with van der Waals surface area (Å²) in [7, 11) is 0. The van der Waals surface area contributed by atoms with Crippen molar-refractivity contribution >= 4 is 17.7 Å². The Morgan fingerprint density at radius 1 is 1.24 bits per heavy atom. The van der Waals surface area contributed by atoms with Crippen LogP contribution in [0.5, 0.6) is 5.75 Å². The average Bonchev–Trinajstić information content (AvgIpc) is 2.60. The minimum Gasteiger partial charge on any atom is -0.481 e. The van der Waals surface area contributed by atoms with Gasteiger partial charge in [0.05, 0.1) is 5.41 Å². The SMILES string of the molecule is CC(=O)c1cccc(OC(C)C(=O)NCC2(C(=O)O)CCCCC2)c1. The molecule has 6 heteroatoms. The van der Waals surface area contributed by atoms with Gasteiger partial charge >= 0.3 is 5.97 Å². The van der Waals surface area contributed by atoms with Gasteiger partial charge in [-0.25, -0.2) is 0 Å². The molecule has 25 heavy (non-hydrogen) atoms. The van der Waals surface area contributed by atoms with Gasteiger partial charge in [0.2, 0.25) is 0 Å². The van der Waals surface area contributed by atoms with Crippen LogP contribution < -0.4 is 10.1 Å². The lowest BCUT2D eigenvalue weighted by molar-refractivity contribution is -0.151. The van der Waals surface area contributed by atoms with E-state index in [0.29, 0.717) is 24.2 Å². The molecule has 0 spiro atoms. The van der Waals surface area contributed by atoms with Crippen molar-refractivity contribution in [2.45, 2.75) is 52.1 Å². The van der Waals surface area contributed by atoms with Gasteiger partial charge in [-0.15, -0.1) is 0 Å². The van der Waals surface area contributed by atoms with Crippen LogP contribution in [-0.2, 0) is 9.59 Å². The topological polar surface area (TPSA) is 92.7 Å². The molecule has 0 radical (unpaired) electrons. The molecule has 1 amide bonds. The number of amides is 1. The number of carboxylic acid groups (broad SMARTS) is 1. The van der Waals surface area contributed by atoms with Crippen molar-refractivity contribution in [1.82, 2.24) is 5.32 Å². The summed E-state index contributed by atoms with van der Waals surface area (Å²) in [5, 5.41) is 12.3. The molecule has 0 heterocycles. The van der Waals surface area contributed by atoms with Crippen molar-refractivity contribution in [3.05, 3.63) is 29.8 Å². The van der Waals surface area contributed by atoms with Gasteiger partial charge in [0.1, 0.15) is 5.75 Å². The quantitative estimate of drug-likeness (QED) is 0.740. The first-order chi connectivity index (χ1) is 11.8. The number of carbonyl (C=O) groups excluding carboxylic acids is 2. The van der Waals surface area contributed by atoms with E-state index in [4.69, 9.17) is 4.74 Å². The highest BCUT2D eigenvalue weighted by Gasteiger charge is 2.40. The van der Waals surface area contributed by atoms with E-state index in [0.717, 1.165) is 19.3 Å². The Kier molecular flexibility index (Phi) is 6.17. The Bertz CT molecular complexity index is 649. The van der Waals surface area contributed by atoms with Gasteiger partial charge in [-0.1, -0.05) is 31.4 Å². The Labute approximate surface area is 147 Å². The van der Waals surface area contributed by atoms with E-state index in [1.807, 2.05) is 0 Å². The summed E-state index contributed by atoms with van der Waals surface area (Å²) in [5.74, 6) is -0.862. The lowest BCUT2D eigenvalue weighted by Crippen LogP contribution is -2.47. The minimum atomic E-state index is -0.873.